The molecule has 0 aliphatic heterocycles. The van der Waals surface area contributed by atoms with Crippen LogP contribution in [0.5, 0.6) is 0 Å². The minimum atomic E-state index is -0.250. The molecule has 0 saturated carbocycles. The van der Waals surface area contributed by atoms with Gasteiger partial charge in [-0.3, -0.25) is 0 Å². The average Bonchev–Trinajstić information content (AvgIpc) is 3.37. The van der Waals surface area contributed by atoms with E-state index in [1.54, 1.807) is 12.1 Å². The van der Waals surface area contributed by atoms with Gasteiger partial charge >= 0.3 is 0 Å². The van der Waals surface area contributed by atoms with Gasteiger partial charge < -0.3 is 15.3 Å². The summed E-state index contributed by atoms with van der Waals surface area (Å²) in [5.74, 6) is 1.02. The fourth-order valence-corrected chi connectivity index (χ4v) is 3.43. The molecule has 4 heterocycles. The maximum atomic E-state index is 13.1. The van der Waals surface area contributed by atoms with Gasteiger partial charge in [-0.1, -0.05) is 12.1 Å². The fourth-order valence-electron chi connectivity index (χ4n) is 3.43. The third kappa shape index (κ3) is 3.65. The normalized spacial score (nSPS) is 11.1. The molecule has 1 aromatic carbocycles. The van der Waals surface area contributed by atoms with Gasteiger partial charge in [-0.05, 0) is 53.4 Å². The molecular weight excluding hydrogens is 379 g/mol. The number of hydrogen-bond donors (Lipinski definition) is 3. The molecule has 0 amide bonds. The highest BCUT2D eigenvalue weighted by atomic mass is 19.1. The third-order valence-corrected chi connectivity index (χ3v) is 4.96. The Morgan fingerprint density at radius 3 is 2.50 bits per heavy atom. The number of anilines is 2. The van der Waals surface area contributed by atoms with Gasteiger partial charge in [0.05, 0.1) is 0 Å². The van der Waals surface area contributed by atoms with E-state index in [1.807, 2.05) is 44.0 Å². The fraction of sp³-hybridized carbons (Fsp3) is 0.0870. The summed E-state index contributed by atoms with van der Waals surface area (Å²) in [6, 6.07) is 10.5. The van der Waals surface area contributed by atoms with E-state index in [-0.39, 0.29) is 5.82 Å². The number of pyridine rings is 1. The van der Waals surface area contributed by atoms with Crippen molar-refractivity contribution in [3.63, 3.8) is 0 Å². The van der Waals surface area contributed by atoms with Crippen LogP contribution in [0.4, 0.5) is 16.2 Å². The molecule has 0 atom stereocenters. The first-order valence-corrected chi connectivity index (χ1v) is 9.59. The molecule has 0 aliphatic carbocycles. The van der Waals surface area contributed by atoms with Crippen LogP contribution in [-0.2, 0) is 6.42 Å². The van der Waals surface area contributed by atoms with Gasteiger partial charge in [0.25, 0.3) is 0 Å². The zero-order chi connectivity index (χ0) is 20.5. The molecule has 0 saturated heterocycles. The maximum Gasteiger partial charge on any atom is 0.228 e. The van der Waals surface area contributed by atoms with Gasteiger partial charge in [0.2, 0.25) is 5.95 Å². The van der Waals surface area contributed by atoms with Crippen molar-refractivity contribution in [2.24, 2.45) is 0 Å². The topological polar surface area (TPSA) is 82.3 Å². The van der Waals surface area contributed by atoms with E-state index in [9.17, 15) is 4.39 Å². The number of nitrogens with zero attached hydrogens (tertiary/aromatic N) is 3. The molecule has 0 radical (unpaired) electrons. The van der Waals surface area contributed by atoms with E-state index in [4.69, 9.17) is 0 Å². The number of hydrogen-bond acceptors (Lipinski definition) is 4. The van der Waals surface area contributed by atoms with Crippen molar-refractivity contribution < 1.29 is 4.39 Å². The third-order valence-electron chi connectivity index (χ3n) is 4.96. The van der Waals surface area contributed by atoms with Crippen LogP contribution in [0.15, 0.2) is 67.4 Å². The second kappa shape index (κ2) is 7.44. The molecule has 0 spiro atoms. The largest absolute Gasteiger partial charge is 0.348 e. The number of nitrogens with one attached hydrogen (secondary N) is 3. The Kier molecular flexibility index (Phi) is 4.48. The number of aromatic nitrogens is 5. The molecule has 5 rings (SSSR count). The van der Waals surface area contributed by atoms with E-state index in [1.165, 1.54) is 17.7 Å². The summed E-state index contributed by atoms with van der Waals surface area (Å²) in [7, 11) is 0. The Morgan fingerprint density at radius 1 is 0.900 bits per heavy atom. The van der Waals surface area contributed by atoms with Gasteiger partial charge in [0.15, 0.2) is 0 Å². The van der Waals surface area contributed by atoms with Crippen LogP contribution in [0.2, 0.25) is 0 Å². The molecule has 0 bridgehead atoms. The Bertz CT molecular complexity index is 1300. The number of benzene rings is 1. The second-order valence-electron chi connectivity index (χ2n) is 7.25. The summed E-state index contributed by atoms with van der Waals surface area (Å²) in [4.78, 5) is 19.6. The lowest BCUT2D eigenvalue weighted by Crippen LogP contribution is -1.98. The van der Waals surface area contributed by atoms with Crippen LogP contribution in [0.1, 0.15) is 16.7 Å². The zero-order valence-electron chi connectivity index (χ0n) is 16.3. The number of aromatic amines is 2. The second-order valence-corrected chi connectivity index (χ2v) is 7.25. The molecule has 0 aliphatic rings. The molecule has 4 aromatic heterocycles. The first-order chi connectivity index (χ1) is 14.6. The SMILES string of the molecule is Cc1cnc2[nH]cc(Cc3cnc(Nc4cc(-c5ccc(F)cc5)c[nH]4)nc3)c2c1. The van der Waals surface area contributed by atoms with Crippen LogP contribution in [-0.4, -0.2) is 24.9 Å². The van der Waals surface area contributed by atoms with E-state index in [2.05, 4.69) is 36.3 Å². The van der Waals surface area contributed by atoms with Crippen LogP contribution >= 0.6 is 0 Å². The Morgan fingerprint density at radius 2 is 1.70 bits per heavy atom. The summed E-state index contributed by atoms with van der Waals surface area (Å²) in [6.45, 7) is 2.04. The van der Waals surface area contributed by atoms with Gasteiger partial charge in [-0.25, -0.2) is 19.3 Å². The first-order valence-electron chi connectivity index (χ1n) is 9.59. The van der Waals surface area contributed by atoms with Crippen molar-refractivity contribution in [2.45, 2.75) is 13.3 Å². The lowest BCUT2D eigenvalue weighted by molar-refractivity contribution is 0.628. The highest BCUT2D eigenvalue weighted by Gasteiger charge is 2.08. The van der Waals surface area contributed by atoms with Gasteiger partial charge in [0, 0.05) is 48.4 Å². The zero-order valence-corrected chi connectivity index (χ0v) is 16.3. The standard InChI is InChI=1S/C23H19FN6/c1-14-6-20-18(13-27-22(20)26-9-14)7-15-10-28-23(29-11-15)30-21-8-17(12-25-21)16-2-4-19(24)5-3-16/h2-6,8-13,25H,7H2,1H3,(H,26,27)(H,28,29,30). The van der Waals surface area contributed by atoms with E-state index in [0.29, 0.717) is 5.95 Å². The molecule has 0 unspecified atom stereocenters. The van der Waals surface area contributed by atoms with E-state index in [0.717, 1.165) is 45.5 Å². The van der Waals surface area contributed by atoms with E-state index >= 15 is 0 Å². The number of H-pyrrole nitrogens is 2. The van der Waals surface area contributed by atoms with Crippen LogP contribution in [0.25, 0.3) is 22.2 Å². The molecule has 6 nitrogen and oxygen atoms in total. The molecule has 5 aromatic rings. The van der Waals surface area contributed by atoms with Gasteiger partial charge in [-0.15, -0.1) is 0 Å². The predicted octanol–water partition coefficient (Wildman–Crippen LogP) is 5.13. The van der Waals surface area contributed by atoms with Crippen molar-refractivity contribution >= 4 is 22.8 Å². The van der Waals surface area contributed by atoms with Crippen molar-refractivity contribution in [3.05, 3.63) is 89.9 Å². The first kappa shape index (κ1) is 18.1. The number of aryl methyl sites for hydroxylation is 1. The molecular formula is C23H19FN6. The van der Waals surface area contributed by atoms with Gasteiger partial charge in [0.1, 0.15) is 17.3 Å². The molecule has 7 heteroatoms. The van der Waals surface area contributed by atoms with Crippen molar-refractivity contribution in [1.82, 2.24) is 24.9 Å². The number of rotatable bonds is 5. The van der Waals surface area contributed by atoms with Crippen LogP contribution in [0, 0.1) is 12.7 Å². The molecule has 30 heavy (non-hydrogen) atoms. The summed E-state index contributed by atoms with van der Waals surface area (Å²) in [5.41, 5.74) is 6.08. The highest BCUT2D eigenvalue weighted by Crippen LogP contribution is 2.24. The average molecular weight is 398 g/mol. The van der Waals surface area contributed by atoms with E-state index < -0.39 is 0 Å². The summed E-state index contributed by atoms with van der Waals surface area (Å²) in [6.07, 6.45) is 10.1. The van der Waals surface area contributed by atoms with Gasteiger partial charge in [-0.2, -0.15) is 0 Å². The highest BCUT2D eigenvalue weighted by molar-refractivity contribution is 5.80. The van der Waals surface area contributed by atoms with Crippen molar-refractivity contribution in [2.75, 3.05) is 5.32 Å². The monoisotopic (exact) mass is 398 g/mol. The summed E-state index contributed by atoms with van der Waals surface area (Å²) in [5, 5.41) is 4.28. The summed E-state index contributed by atoms with van der Waals surface area (Å²) >= 11 is 0. The summed E-state index contributed by atoms with van der Waals surface area (Å²) < 4.78 is 13.1. The number of halogens is 1. The molecule has 148 valence electrons. The Hall–Kier alpha value is -4.00. The smallest absolute Gasteiger partial charge is 0.228 e. The quantitative estimate of drug-likeness (QED) is 0.383. The molecule has 3 N–H and O–H groups in total. The Labute approximate surface area is 172 Å². The lowest BCUT2D eigenvalue weighted by atomic mass is 10.1. The predicted molar refractivity (Wildman–Crippen MR) is 115 cm³/mol. The Balaban J connectivity index is 1.29. The van der Waals surface area contributed by atoms with Crippen molar-refractivity contribution in [3.8, 4) is 11.1 Å². The maximum absolute atomic E-state index is 13.1. The molecule has 0 fully saturated rings. The van der Waals surface area contributed by atoms with Crippen molar-refractivity contribution in [1.29, 1.82) is 0 Å². The van der Waals surface area contributed by atoms with Crippen LogP contribution < -0.4 is 5.32 Å². The lowest BCUT2D eigenvalue weighted by Gasteiger charge is -2.04. The minimum Gasteiger partial charge on any atom is -0.348 e. The number of fused-ring (bicyclic) bond motifs is 1. The van der Waals surface area contributed by atoms with Crippen LogP contribution in [0.3, 0.4) is 0 Å². The minimum absolute atomic E-state index is 0.250.